The highest BCUT2D eigenvalue weighted by atomic mass is 32.1. The Morgan fingerprint density at radius 3 is 2.91 bits per heavy atom. The first-order valence-electron chi connectivity index (χ1n) is 6.80. The first-order valence-corrected chi connectivity index (χ1v) is 8.03. The number of rotatable bonds is 5. The molecular formula is C15H16N2O3S2. The Balaban J connectivity index is 2.25. The number of nitrogens with zero attached hydrogens (tertiary/aromatic N) is 2. The molecule has 1 N–H and O–H groups in total. The van der Waals surface area contributed by atoms with Crippen LogP contribution in [-0.4, -0.2) is 28.5 Å². The molecule has 0 fully saturated rings. The number of benzene rings is 1. The molecule has 5 nitrogen and oxygen atoms in total. The zero-order valence-electron chi connectivity index (χ0n) is 12.3. The van der Waals surface area contributed by atoms with Crippen LogP contribution in [0.15, 0.2) is 29.3 Å². The lowest BCUT2D eigenvalue weighted by Crippen LogP contribution is -2.03. The molecule has 2 rings (SSSR count). The Labute approximate surface area is 137 Å². The molecule has 1 aromatic heterocycles. The van der Waals surface area contributed by atoms with Gasteiger partial charge in [-0.25, -0.2) is 4.79 Å². The lowest BCUT2D eigenvalue weighted by Gasteiger charge is -2.02. The molecule has 7 heteroatoms. The van der Waals surface area contributed by atoms with Crippen LogP contribution in [0.25, 0.3) is 0 Å². The summed E-state index contributed by atoms with van der Waals surface area (Å²) in [5.41, 5.74) is 1.05. The second-order valence-electron chi connectivity index (χ2n) is 4.33. The molecule has 0 amide bonds. The number of aliphatic imine (C=N–C) groups is 1. The first-order chi connectivity index (χ1) is 10.6. The van der Waals surface area contributed by atoms with Crippen LogP contribution in [0.2, 0.25) is 0 Å². The van der Waals surface area contributed by atoms with Crippen LogP contribution >= 0.6 is 23.6 Å². The molecule has 0 bridgehead atoms. The highest BCUT2D eigenvalue weighted by Crippen LogP contribution is 2.25. The summed E-state index contributed by atoms with van der Waals surface area (Å²) in [7, 11) is 0. The van der Waals surface area contributed by atoms with E-state index in [1.54, 1.807) is 42.0 Å². The van der Waals surface area contributed by atoms with Crippen LogP contribution in [0, 0.1) is 3.95 Å². The van der Waals surface area contributed by atoms with Gasteiger partial charge in [0.1, 0.15) is 4.88 Å². The summed E-state index contributed by atoms with van der Waals surface area (Å²) in [5, 5.41) is 10.0. The van der Waals surface area contributed by atoms with Gasteiger partial charge in [-0.2, -0.15) is 0 Å². The van der Waals surface area contributed by atoms with Gasteiger partial charge in [-0.05, 0) is 44.3 Å². The topological polar surface area (TPSA) is 63.8 Å². The molecule has 0 spiro atoms. The summed E-state index contributed by atoms with van der Waals surface area (Å²) < 4.78 is 7.19. The normalized spacial score (nSPS) is 11.0. The third-order valence-corrected chi connectivity index (χ3v) is 4.27. The van der Waals surface area contributed by atoms with E-state index in [2.05, 4.69) is 4.99 Å². The van der Waals surface area contributed by atoms with Crippen LogP contribution < -0.4 is 0 Å². The molecule has 116 valence electrons. The summed E-state index contributed by atoms with van der Waals surface area (Å²) in [6.45, 7) is 4.60. The van der Waals surface area contributed by atoms with Crippen molar-refractivity contribution in [1.29, 1.82) is 0 Å². The summed E-state index contributed by atoms with van der Waals surface area (Å²) in [6, 6.07) is 6.82. The average Bonchev–Trinajstić information content (AvgIpc) is 2.79. The number of esters is 1. The Kier molecular flexibility index (Phi) is 5.46. The van der Waals surface area contributed by atoms with Crippen molar-refractivity contribution < 1.29 is 14.6 Å². The lowest BCUT2D eigenvalue weighted by molar-refractivity contribution is 0.0526. The quantitative estimate of drug-likeness (QED) is 0.510. The van der Waals surface area contributed by atoms with Gasteiger partial charge in [0.05, 0.1) is 24.1 Å². The largest absolute Gasteiger partial charge is 0.493 e. The zero-order chi connectivity index (χ0) is 16.1. The number of hydrogen-bond donors (Lipinski definition) is 1. The summed E-state index contributed by atoms with van der Waals surface area (Å²) in [4.78, 5) is 16.6. The fourth-order valence-corrected chi connectivity index (χ4v) is 3.14. The van der Waals surface area contributed by atoms with E-state index >= 15 is 0 Å². The van der Waals surface area contributed by atoms with Crippen molar-refractivity contribution in [2.24, 2.45) is 4.99 Å². The first kappa shape index (κ1) is 16.4. The fourth-order valence-electron chi connectivity index (χ4n) is 1.84. The average molecular weight is 336 g/mol. The van der Waals surface area contributed by atoms with Crippen LogP contribution in [0.5, 0.6) is 5.88 Å². The lowest BCUT2D eigenvalue weighted by atomic mass is 10.2. The van der Waals surface area contributed by atoms with Crippen LogP contribution in [-0.2, 0) is 11.3 Å². The Bertz CT molecular complexity index is 762. The van der Waals surface area contributed by atoms with Crippen molar-refractivity contribution in [2.45, 2.75) is 20.4 Å². The zero-order valence-corrected chi connectivity index (χ0v) is 13.9. The predicted molar refractivity (Wildman–Crippen MR) is 90.1 cm³/mol. The minimum Gasteiger partial charge on any atom is -0.493 e. The summed E-state index contributed by atoms with van der Waals surface area (Å²) in [6.07, 6.45) is 1.55. The SMILES string of the molecule is CCOC(=O)c1cccc(N=Cc2sc(=S)n(CC)c2O)c1. The molecule has 1 heterocycles. The van der Waals surface area contributed by atoms with Crippen molar-refractivity contribution in [3.05, 3.63) is 38.7 Å². The van der Waals surface area contributed by atoms with E-state index in [4.69, 9.17) is 17.0 Å². The van der Waals surface area contributed by atoms with Crippen LogP contribution in [0.3, 0.4) is 0 Å². The fraction of sp³-hybridized carbons (Fsp3) is 0.267. The van der Waals surface area contributed by atoms with Crippen LogP contribution in [0.1, 0.15) is 29.1 Å². The summed E-state index contributed by atoms with van der Waals surface area (Å²) >= 11 is 6.46. The maximum absolute atomic E-state index is 11.7. The van der Waals surface area contributed by atoms with Crippen molar-refractivity contribution in [1.82, 2.24) is 4.57 Å². The van der Waals surface area contributed by atoms with E-state index in [1.807, 2.05) is 6.92 Å². The second-order valence-corrected chi connectivity index (χ2v) is 6.00. The molecule has 22 heavy (non-hydrogen) atoms. The van der Waals surface area contributed by atoms with Gasteiger partial charge < -0.3 is 9.84 Å². The number of carbonyl (C=O) groups is 1. The van der Waals surface area contributed by atoms with E-state index in [0.29, 0.717) is 33.2 Å². The van der Waals surface area contributed by atoms with Gasteiger partial charge in [-0.15, -0.1) is 0 Å². The van der Waals surface area contributed by atoms with Gasteiger partial charge in [0.25, 0.3) is 0 Å². The van der Waals surface area contributed by atoms with Gasteiger partial charge in [0.15, 0.2) is 3.95 Å². The van der Waals surface area contributed by atoms with E-state index in [1.165, 1.54) is 11.3 Å². The number of carbonyl (C=O) groups excluding carboxylic acids is 1. The molecule has 0 saturated heterocycles. The van der Waals surface area contributed by atoms with E-state index < -0.39 is 0 Å². The molecule has 0 saturated carbocycles. The molecule has 0 aliphatic rings. The van der Waals surface area contributed by atoms with Gasteiger partial charge in [0.2, 0.25) is 5.88 Å². The standard InChI is InChI=1S/C15H16N2O3S2/c1-3-17-13(18)12(22-15(17)21)9-16-11-7-5-6-10(8-11)14(19)20-4-2/h5-9,18H,3-4H2,1-2H3. The van der Waals surface area contributed by atoms with Gasteiger partial charge in [-0.3, -0.25) is 9.56 Å². The Hall–Kier alpha value is -1.99. The van der Waals surface area contributed by atoms with Crippen molar-refractivity contribution in [3.63, 3.8) is 0 Å². The van der Waals surface area contributed by atoms with E-state index in [-0.39, 0.29) is 11.8 Å². The number of aromatic hydroxyl groups is 1. The maximum atomic E-state index is 11.7. The number of aromatic nitrogens is 1. The van der Waals surface area contributed by atoms with Gasteiger partial charge in [-0.1, -0.05) is 17.4 Å². The van der Waals surface area contributed by atoms with Crippen LogP contribution in [0.4, 0.5) is 5.69 Å². The summed E-state index contributed by atoms with van der Waals surface area (Å²) in [5.74, 6) is -0.266. The molecular weight excluding hydrogens is 320 g/mol. The molecule has 1 aromatic carbocycles. The second kappa shape index (κ2) is 7.33. The minimum absolute atomic E-state index is 0.114. The van der Waals surface area contributed by atoms with Crippen molar-refractivity contribution >= 4 is 41.4 Å². The number of thiazole rings is 1. The molecule has 2 aromatic rings. The Morgan fingerprint density at radius 2 is 2.27 bits per heavy atom. The van der Waals surface area contributed by atoms with Crippen molar-refractivity contribution in [3.8, 4) is 5.88 Å². The predicted octanol–water partition coefficient (Wildman–Crippen LogP) is 3.93. The highest BCUT2D eigenvalue weighted by Gasteiger charge is 2.09. The third-order valence-electron chi connectivity index (χ3n) is 2.90. The minimum atomic E-state index is -0.379. The molecule has 0 aliphatic carbocycles. The molecule has 0 atom stereocenters. The molecule has 0 unspecified atom stereocenters. The molecule has 0 radical (unpaired) electrons. The van der Waals surface area contributed by atoms with Crippen molar-refractivity contribution in [2.75, 3.05) is 6.61 Å². The third kappa shape index (κ3) is 3.61. The maximum Gasteiger partial charge on any atom is 0.338 e. The number of hydrogen-bond acceptors (Lipinski definition) is 6. The monoisotopic (exact) mass is 336 g/mol. The Morgan fingerprint density at radius 1 is 1.50 bits per heavy atom. The molecule has 0 aliphatic heterocycles. The highest BCUT2D eigenvalue weighted by molar-refractivity contribution is 7.73. The van der Waals surface area contributed by atoms with Gasteiger partial charge >= 0.3 is 5.97 Å². The number of ether oxygens (including phenoxy) is 1. The smallest absolute Gasteiger partial charge is 0.338 e. The van der Waals surface area contributed by atoms with E-state index in [0.717, 1.165) is 0 Å². The van der Waals surface area contributed by atoms with Gasteiger partial charge in [0, 0.05) is 6.54 Å². The van der Waals surface area contributed by atoms with E-state index in [9.17, 15) is 9.90 Å².